The standard InChI is InChI=1S/C11H20N2O/c14-11-10-6-4-2-1-3-5-8-13(10)9-7-12-11/h10H,1-9H2,(H,12,14). The number of fused-ring (bicyclic) bond motifs is 1. The number of rotatable bonds is 0. The second kappa shape index (κ2) is 4.78. The monoisotopic (exact) mass is 196 g/mol. The Morgan fingerprint density at radius 3 is 2.79 bits per heavy atom. The van der Waals surface area contributed by atoms with E-state index in [9.17, 15) is 4.79 Å². The van der Waals surface area contributed by atoms with Gasteiger partial charge in [0.2, 0.25) is 5.91 Å². The molecule has 2 aliphatic rings. The summed E-state index contributed by atoms with van der Waals surface area (Å²) in [5.41, 5.74) is 0. The number of hydrogen-bond acceptors (Lipinski definition) is 2. The van der Waals surface area contributed by atoms with Crippen molar-refractivity contribution in [2.45, 2.75) is 44.6 Å². The molecule has 2 aliphatic heterocycles. The van der Waals surface area contributed by atoms with Crippen molar-refractivity contribution in [3.05, 3.63) is 0 Å². The van der Waals surface area contributed by atoms with E-state index in [1.54, 1.807) is 0 Å². The Morgan fingerprint density at radius 1 is 1.07 bits per heavy atom. The third-order valence-corrected chi connectivity index (χ3v) is 3.36. The molecule has 14 heavy (non-hydrogen) atoms. The Morgan fingerprint density at radius 2 is 1.86 bits per heavy atom. The molecule has 2 heterocycles. The molecule has 2 rings (SSSR count). The molecule has 3 nitrogen and oxygen atoms in total. The van der Waals surface area contributed by atoms with Gasteiger partial charge in [0.15, 0.2) is 0 Å². The average molecular weight is 196 g/mol. The molecule has 2 saturated heterocycles. The molecule has 0 aliphatic carbocycles. The summed E-state index contributed by atoms with van der Waals surface area (Å²) in [6.07, 6.45) is 7.54. The zero-order valence-electron chi connectivity index (χ0n) is 8.80. The molecule has 2 fully saturated rings. The zero-order chi connectivity index (χ0) is 9.80. The van der Waals surface area contributed by atoms with Crippen LogP contribution in [0.5, 0.6) is 0 Å². The molecular formula is C11H20N2O. The van der Waals surface area contributed by atoms with Crippen LogP contribution in [0.3, 0.4) is 0 Å². The van der Waals surface area contributed by atoms with Gasteiger partial charge in [-0.05, 0) is 19.4 Å². The number of hydrogen-bond donors (Lipinski definition) is 1. The molecule has 0 aromatic rings. The number of nitrogens with one attached hydrogen (secondary N) is 1. The van der Waals surface area contributed by atoms with Crippen LogP contribution in [0.1, 0.15) is 38.5 Å². The minimum Gasteiger partial charge on any atom is -0.353 e. The molecule has 0 spiro atoms. The molecule has 1 unspecified atom stereocenters. The molecule has 0 saturated carbocycles. The first-order chi connectivity index (χ1) is 6.88. The van der Waals surface area contributed by atoms with Crippen LogP contribution in [0, 0.1) is 0 Å². The average Bonchev–Trinajstić information content (AvgIpc) is 2.30. The molecule has 0 aromatic carbocycles. The number of piperazine rings is 1. The van der Waals surface area contributed by atoms with E-state index in [-0.39, 0.29) is 11.9 Å². The number of carbonyl (C=O) groups is 1. The van der Waals surface area contributed by atoms with Crippen molar-refractivity contribution in [1.29, 1.82) is 0 Å². The molecule has 80 valence electrons. The van der Waals surface area contributed by atoms with Gasteiger partial charge < -0.3 is 5.32 Å². The molecular weight excluding hydrogens is 176 g/mol. The predicted molar refractivity (Wildman–Crippen MR) is 56.1 cm³/mol. The van der Waals surface area contributed by atoms with Crippen LogP contribution in [0.15, 0.2) is 0 Å². The van der Waals surface area contributed by atoms with E-state index in [1.165, 1.54) is 32.1 Å². The second-order valence-electron chi connectivity index (χ2n) is 4.40. The van der Waals surface area contributed by atoms with Crippen LogP contribution in [-0.4, -0.2) is 36.5 Å². The second-order valence-corrected chi connectivity index (χ2v) is 4.40. The van der Waals surface area contributed by atoms with Crippen LogP contribution < -0.4 is 5.32 Å². The van der Waals surface area contributed by atoms with E-state index in [4.69, 9.17) is 0 Å². The van der Waals surface area contributed by atoms with Crippen molar-refractivity contribution in [3.8, 4) is 0 Å². The lowest BCUT2D eigenvalue weighted by molar-refractivity contribution is -0.129. The molecule has 0 aromatic heterocycles. The van der Waals surface area contributed by atoms with Gasteiger partial charge in [-0.25, -0.2) is 0 Å². The summed E-state index contributed by atoms with van der Waals surface area (Å²) in [5.74, 6) is 0.262. The molecule has 1 atom stereocenters. The summed E-state index contributed by atoms with van der Waals surface area (Å²) in [6.45, 7) is 3.02. The molecule has 1 amide bonds. The smallest absolute Gasteiger partial charge is 0.237 e. The normalized spacial score (nSPS) is 30.9. The summed E-state index contributed by atoms with van der Waals surface area (Å²) in [6, 6.07) is 0.182. The number of amides is 1. The van der Waals surface area contributed by atoms with Crippen LogP contribution in [0.25, 0.3) is 0 Å². The molecule has 1 N–H and O–H groups in total. The van der Waals surface area contributed by atoms with Gasteiger partial charge in [-0.1, -0.05) is 25.7 Å². The Kier molecular flexibility index (Phi) is 3.40. The lowest BCUT2D eigenvalue weighted by Gasteiger charge is -2.34. The minimum atomic E-state index is 0.182. The summed E-state index contributed by atoms with van der Waals surface area (Å²) < 4.78 is 0. The van der Waals surface area contributed by atoms with Gasteiger partial charge >= 0.3 is 0 Å². The summed E-state index contributed by atoms with van der Waals surface area (Å²) in [5, 5.41) is 2.97. The summed E-state index contributed by atoms with van der Waals surface area (Å²) in [7, 11) is 0. The van der Waals surface area contributed by atoms with Gasteiger partial charge in [0.05, 0.1) is 6.04 Å². The van der Waals surface area contributed by atoms with Gasteiger partial charge in [-0.15, -0.1) is 0 Å². The van der Waals surface area contributed by atoms with Gasteiger partial charge in [0.25, 0.3) is 0 Å². The quantitative estimate of drug-likeness (QED) is 0.630. The van der Waals surface area contributed by atoms with E-state index in [2.05, 4.69) is 10.2 Å². The first-order valence-electron chi connectivity index (χ1n) is 5.90. The highest BCUT2D eigenvalue weighted by Gasteiger charge is 2.28. The van der Waals surface area contributed by atoms with Crippen molar-refractivity contribution >= 4 is 5.91 Å². The van der Waals surface area contributed by atoms with Gasteiger partial charge in [-0.3, -0.25) is 9.69 Å². The minimum absolute atomic E-state index is 0.182. The fourth-order valence-corrected chi connectivity index (χ4v) is 2.53. The van der Waals surface area contributed by atoms with E-state index in [0.29, 0.717) is 0 Å². The fourth-order valence-electron chi connectivity index (χ4n) is 2.53. The Labute approximate surface area is 85.8 Å². The van der Waals surface area contributed by atoms with Crippen LogP contribution in [0.4, 0.5) is 0 Å². The molecule has 0 bridgehead atoms. The predicted octanol–water partition coefficient (Wildman–Crippen LogP) is 1.14. The summed E-state index contributed by atoms with van der Waals surface area (Å²) in [4.78, 5) is 14.0. The highest BCUT2D eigenvalue weighted by molar-refractivity contribution is 5.82. The molecule has 3 heteroatoms. The first-order valence-corrected chi connectivity index (χ1v) is 5.90. The largest absolute Gasteiger partial charge is 0.353 e. The lowest BCUT2D eigenvalue weighted by Crippen LogP contribution is -2.55. The van der Waals surface area contributed by atoms with Crippen LogP contribution in [-0.2, 0) is 4.79 Å². The van der Waals surface area contributed by atoms with Crippen LogP contribution in [0.2, 0.25) is 0 Å². The van der Waals surface area contributed by atoms with E-state index in [1.807, 2.05) is 0 Å². The first kappa shape index (κ1) is 9.97. The topological polar surface area (TPSA) is 32.3 Å². The van der Waals surface area contributed by atoms with E-state index < -0.39 is 0 Å². The highest BCUT2D eigenvalue weighted by Crippen LogP contribution is 2.17. The maximum absolute atomic E-state index is 11.7. The third-order valence-electron chi connectivity index (χ3n) is 3.36. The summed E-state index contributed by atoms with van der Waals surface area (Å²) >= 11 is 0. The Bertz CT molecular complexity index is 205. The van der Waals surface area contributed by atoms with Crippen molar-refractivity contribution in [3.63, 3.8) is 0 Å². The van der Waals surface area contributed by atoms with Gasteiger partial charge in [0, 0.05) is 13.1 Å². The maximum Gasteiger partial charge on any atom is 0.237 e. The van der Waals surface area contributed by atoms with Crippen molar-refractivity contribution in [2.24, 2.45) is 0 Å². The number of carbonyl (C=O) groups excluding carboxylic acids is 1. The Balaban J connectivity index is 1.99. The third kappa shape index (κ3) is 2.27. The van der Waals surface area contributed by atoms with Crippen molar-refractivity contribution in [2.75, 3.05) is 19.6 Å². The van der Waals surface area contributed by atoms with E-state index in [0.717, 1.165) is 26.1 Å². The highest BCUT2D eigenvalue weighted by atomic mass is 16.2. The number of nitrogens with zero attached hydrogens (tertiary/aromatic N) is 1. The van der Waals surface area contributed by atoms with E-state index >= 15 is 0 Å². The zero-order valence-corrected chi connectivity index (χ0v) is 8.80. The molecule has 0 radical (unpaired) electrons. The van der Waals surface area contributed by atoms with Gasteiger partial charge in [-0.2, -0.15) is 0 Å². The van der Waals surface area contributed by atoms with Crippen molar-refractivity contribution in [1.82, 2.24) is 10.2 Å². The Hall–Kier alpha value is -0.570. The lowest BCUT2D eigenvalue weighted by atomic mass is 10.1. The van der Waals surface area contributed by atoms with Crippen LogP contribution >= 0.6 is 0 Å². The SMILES string of the molecule is O=C1NCCN2CCCCCCCC12. The maximum atomic E-state index is 11.7. The fraction of sp³-hybridized carbons (Fsp3) is 0.909. The van der Waals surface area contributed by atoms with Crippen molar-refractivity contribution < 1.29 is 4.79 Å². The van der Waals surface area contributed by atoms with Gasteiger partial charge in [0.1, 0.15) is 0 Å².